The van der Waals surface area contributed by atoms with Crippen LogP contribution in [0.15, 0.2) is 36.4 Å². The summed E-state index contributed by atoms with van der Waals surface area (Å²) in [4.78, 5) is 22.2. The van der Waals surface area contributed by atoms with Crippen LogP contribution in [0.3, 0.4) is 0 Å². The van der Waals surface area contributed by atoms with Crippen LogP contribution in [0.1, 0.15) is 17.3 Å². The van der Waals surface area contributed by atoms with E-state index in [9.17, 15) is 9.59 Å². The number of carbonyl (C=O) groups excluding carboxylic acids is 2. The number of nitrogens with one attached hydrogen (secondary N) is 1. The molecule has 1 amide bonds. The maximum absolute atomic E-state index is 11.3. The summed E-state index contributed by atoms with van der Waals surface area (Å²) in [6.07, 6.45) is 0. The third-order valence-electron chi connectivity index (χ3n) is 2.24. The smallest absolute Gasteiger partial charge is 0.335 e. The lowest BCUT2D eigenvalue weighted by Gasteiger charge is -2.08. The number of hydrogen-bond acceptors (Lipinski definition) is 4. The number of nitrogens with two attached hydrogens (primary N) is 1. The van der Waals surface area contributed by atoms with Crippen molar-refractivity contribution in [2.24, 2.45) is 5.73 Å². The number of anilines is 1. The van der Waals surface area contributed by atoms with E-state index >= 15 is 0 Å². The Morgan fingerprint density at radius 3 is 2.44 bits per heavy atom. The predicted octanol–water partition coefficient (Wildman–Crippen LogP) is 1.32. The normalized spacial score (nSPS) is 9.61. The van der Waals surface area contributed by atoms with Gasteiger partial charge in [-0.05, 0) is 31.2 Å². The van der Waals surface area contributed by atoms with Crippen LogP contribution < -0.4 is 11.1 Å². The second-order valence-electron chi connectivity index (χ2n) is 3.62. The molecule has 18 heavy (non-hydrogen) atoms. The quantitative estimate of drug-likeness (QED) is 0.587. The number of primary amides is 1. The molecule has 0 unspecified atom stereocenters. The van der Waals surface area contributed by atoms with E-state index in [1.54, 1.807) is 31.2 Å². The molecule has 0 bridgehead atoms. The van der Waals surface area contributed by atoms with E-state index in [0.29, 0.717) is 17.7 Å². The number of carbonyl (C=O) groups is 2. The molecule has 0 saturated heterocycles. The lowest BCUT2D eigenvalue weighted by atomic mass is 10.2. The van der Waals surface area contributed by atoms with Crippen molar-refractivity contribution in [3.63, 3.8) is 0 Å². The minimum atomic E-state index is -0.475. The van der Waals surface area contributed by atoms with Crippen LogP contribution in [-0.4, -0.2) is 25.0 Å². The molecule has 0 atom stereocenters. The summed E-state index contributed by atoms with van der Waals surface area (Å²) in [5.74, 6) is -0.892. The van der Waals surface area contributed by atoms with E-state index in [-0.39, 0.29) is 6.54 Å². The van der Waals surface area contributed by atoms with Gasteiger partial charge in [0.2, 0.25) is 5.91 Å². The maximum atomic E-state index is 11.3. The highest BCUT2D eigenvalue weighted by Gasteiger charge is 2.07. The summed E-state index contributed by atoms with van der Waals surface area (Å²) in [5.41, 5.74) is 6.67. The monoisotopic (exact) mass is 248 g/mol. The van der Waals surface area contributed by atoms with Crippen molar-refractivity contribution in [3.05, 3.63) is 42.0 Å². The first-order valence-corrected chi connectivity index (χ1v) is 5.53. The second kappa shape index (κ2) is 6.44. The van der Waals surface area contributed by atoms with E-state index in [1.165, 1.54) is 0 Å². The maximum Gasteiger partial charge on any atom is 0.335 e. The van der Waals surface area contributed by atoms with Gasteiger partial charge in [0.1, 0.15) is 0 Å². The Morgan fingerprint density at radius 1 is 1.33 bits per heavy atom. The van der Waals surface area contributed by atoms with Gasteiger partial charge in [-0.1, -0.05) is 6.58 Å². The molecular formula is C13H16N2O3. The van der Waals surface area contributed by atoms with Crippen LogP contribution in [0.5, 0.6) is 0 Å². The lowest BCUT2D eigenvalue weighted by Crippen LogP contribution is -2.15. The zero-order valence-electron chi connectivity index (χ0n) is 10.2. The van der Waals surface area contributed by atoms with Gasteiger partial charge in [-0.25, -0.2) is 4.79 Å². The molecule has 0 heterocycles. The van der Waals surface area contributed by atoms with Gasteiger partial charge in [-0.2, -0.15) is 0 Å². The highest BCUT2D eigenvalue weighted by molar-refractivity contribution is 5.93. The van der Waals surface area contributed by atoms with Crippen LogP contribution in [0.25, 0.3) is 0 Å². The zero-order chi connectivity index (χ0) is 13.5. The predicted molar refractivity (Wildman–Crippen MR) is 69.2 cm³/mol. The van der Waals surface area contributed by atoms with Crippen molar-refractivity contribution in [1.82, 2.24) is 0 Å². The summed E-state index contributed by atoms with van der Waals surface area (Å²) in [7, 11) is 0. The average Bonchev–Trinajstić information content (AvgIpc) is 2.36. The van der Waals surface area contributed by atoms with Crippen LogP contribution >= 0.6 is 0 Å². The highest BCUT2D eigenvalue weighted by Crippen LogP contribution is 2.09. The number of hydrogen-bond donors (Lipinski definition) is 2. The minimum Gasteiger partial charge on any atom is -0.463 e. The van der Waals surface area contributed by atoms with Gasteiger partial charge in [0.15, 0.2) is 0 Å². The zero-order valence-corrected chi connectivity index (χ0v) is 10.2. The molecular weight excluding hydrogens is 232 g/mol. The number of amides is 1. The van der Waals surface area contributed by atoms with Crippen molar-refractivity contribution in [3.8, 4) is 0 Å². The molecule has 1 rings (SSSR count). The van der Waals surface area contributed by atoms with E-state index in [4.69, 9.17) is 10.5 Å². The molecule has 5 nitrogen and oxygen atoms in total. The van der Waals surface area contributed by atoms with Crippen LogP contribution in [0, 0.1) is 0 Å². The molecule has 3 N–H and O–H groups in total. The first-order chi connectivity index (χ1) is 8.54. The topological polar surface area (TPSA) is 81.4 Å². The summed E-state index contributed by atoms with van der Waals surface area (Å²) in [6.45, 7) is 5.97. The van der Waals surface area contributed by atoms with Crippen molar-refractivity contribution in [1.29, 1.82) is 0 Å². The number of benzene rings is 1. The molecule has 0 aliphatic rings. The molecule has 0 spiro atoms. The van der Waals surface area contributed by atoms with Gasteiger partial charge in [0, 0.05) is 23.4 Å². The van der Waals surface area contributed by atoms with E-state index in [1.807, 2.05) is 0 Å². The molecule has 0 aliphatic heterocycles. The molecule has 0 aromatic heterocycles. The molecule has 1 aromatic carbocycles. The molecule has 0 saturated carbocycles. The third-order valence-corrected chi connectivity index (χ3v) is 2.24. The van der Waals surface area contributed by atoms with Crippen molar-refractivity contribution in [2.75, 3.05) is 18.5 Å². The fourth-order valence-electron chi connectivity index (χ4n) is 1.27. The van der Waals surface area contributed by atoms with Crippen molar-refractivity contribution in [2.45, 2.75) is 6.92 Å². The van der Waals surface area contributed by atoms with Crippen LogP contribution in [0.4, 0.5) is 5.69 Å². The standard InChI is InChI=1S/C13H16N2O3/c1-3-18-13(17)9(2)8-15-11-6-4-10(5-7-11)12(14)16/h4-7,15H,2-3,8H2,1H3,(H2,14,16). The van der Waals surface area contributed by atoms with Crippen LogP contribution in [0.2, 0.25) is 0 Å². The first-order valence-electron chi connectivity index (χ1n) is 5.53. The Balaban J connectivity index is 2.51. The lowest BCUT2D eigenvalue weighted by molar-refractivity contribution is -0.138. The summed E-state index contributed by atoms with van der Waals surface area (Å²) in [6, 6.07) is 6.63. The number of rotatable bonds is 6. The van der Waals surface area contributed by atoms with Gasteiger partial charge in [-0.3, -0.25) is 4.79 Å². The summed E-state index contributed by atoms with van der Waals surface area (Å²) in [5, 5.41) is 3.00. The first kappa shape index (κ1) is 13.8. The van der Waals surface area contributed by atoms with Gasteiger partial charge in [0.25, 0.3) is 0 Å². The second-order valence-corrected chi connectivity index (χ2v) is 3.62. The Hall–Kier alpha value is -2.30. The molecule has 0 aliphatic carbocycles. The summed E-state index contributed by atoms with van der Waals surface area (Å²) < 4.78 is 4.80. The SMILES string of the molecule is C=C(CNc1ccc(C(N)=O)cc1)C(=O)OCC. The van der Waals surface area contributed by atoms with Gasteiger partial charge in [-0.15, -0.1) is 0 Å². The molecule has 96 valence electrons. The summed E-state index contributed by atoms with van der Waals surface area (Å²) >= 11 is 0. The Morgan fingerprint density at radius 2 is 1.94 bits per heavy atom. The van der Waals surface area contributed by atoms with E-state index < -0.39 is 11.9 Å². The van der Waals surface area contributed by atoms with Crippen molar-refractivity contribution >= 4 is 17.6 Å². The van der Waals surface area contributed by atoms with E-state index in [0.717, 1.165) is 5.69 Å². The molecule has 0 fully saturated rings. The molecule has 5 heteroatoms. The Labute approximate surface area is 106 Å². The molecule has 1 aromatic rings. The van der Waals surface area contributed by atoms with Gasteiger partial charge < -0.3 is 15.8 Å². The van der Waals surface area contributed by atoms with Gasteiger partial charge in [0.05, 0.1) is 6.61 Å². The Kier molecular flexibility index (Phi) is 4.92. The van der Waals surface area contributed by atoms with E-state index in [2.05, 4.69) is 11.9 Å². The van der Waals surface area contributed by atoms with Crippen LogP contribution in [-0.2, 0) is 9.53 Å². The fraction of sp³-hybridized carbons (Fsp3) is 0.231. The Bertz CT molecular complexity index is 452. The molecule has 0 radical (unpaired) electrons. The largest absolute Gasteiger partial charge is 0.463 e. The fourth-order valence-corrected chi connectivity index (χ4v) is 1.27. The number of esters is 1. The number of ether oxygens (including phenoxy) is 1. The average molecular weight is 248 g/mol. The minimum absolute atomic E-state index is 0.286. The van der Waals surface area contributed by atoms with Gasteiger partial charge >= 0.3 is 5.97 Å². The highest BCUT2D eigenvalue weighted by atomic mass is 16.5. The third kappa shape index (κ3) is 3.93. The van der Waals surface area contributed by atoms with Crippen molar-refractivity contribution < 1.29 is 14.3 Å².